The second kappa shape index (κ2) is 7.35. The summed E-state index contributed by atoms with van der Waals surface area (Å²) in [5, 5.41) is 0. The molecule has 1 aromatic carbocycles. The standard InChI is InChI=1S/C9H10O3S2.Na.H/c1-2-12-14(10,11)13-8-9-6-4-3-5-7-9;;/h2-7H,1,8H2;;. The van der Waals surface area contributed by atoms with Crippen LogP contribution in [0.1, 0.15) is 5.56 Å². The molecule has 0 atom stereocenters. The zero-order valence-electron chi connectivity index (χ0n) is 7.42. The molecule has 0 saturated heterocycles. The molecule has 0 N–H and O–H groups in total. The van der Waals surface area contributed by atoms with Gasteiger partial charge in [-0.3, -0.25) is 0 Å². The molecule has 0 spiro atoms. The third-order valence-electron chi connectivity index (χ3n) is 1.40. The van der Waals surface area contributed by atoms with Crippen molar-refractivity contribution in [1.82, 2.24) is 0 Å². The van der Waals surface area contributed by atoms with Crippen molar-refractivity contribution < 1.29 is 12.6 Å². The van der Waals surface area contributed by atoms with Crippen LogP contribution >= 0.6 is 10.8 Å². The normalized spacial score (nSPS) is 10.1. The fraction of sp³-hybridized carbons (Fsp3) is 0.111. The Morgan fingerprint density at radius 2 is 1.93 bits per heavy atom. The molecule has 1 aromatic rings. The van der Waals surface area contributed by atoms with Crippen molar-refractivity contribution in [2.75, 3.05) is 0 Å². The summed E-state index contributed by atoms with van der Waals surface area (Å²) in [6.45, 7) is 3.19. The molecule has 0 unspecified atom stereocenters. The van der Waals surface area contributed by atoms with E-state index in [-0.39, 0.29) is 29.6 Å². The Bertz CT molecular complexity index is 389. The first-order valence-corrected chi connectivity index (χ1v) is 6.77. The van der Waals surface area contributed by atoms with Gasteiger partial charge in [0.05, 0.1) is 6.26 Å². The van der Waals surface area contributed by atoms with Gasteiger partial charge in [0.2, 0.25) is 0 Å². The molecule has 0 radical (unpaired) electrons. The van der Waals surface area contributed by atoms with Gasteiger partial charge in [-0.05, 0) is 5.56 Å². The first-order valence-electron chi connectivity index (χ1n) is 3.86. The van der Waals surface area contributed by atoms with E-state index in [1.807, 2.05) is 30.3 Å². The molecule has 0 heterocycles. The molecule has 78 valence electrons. The van der Waals surface area contributed by atoms with Crippen molar-refractivity contribution in [3.63, 3.8) is 0 Å². The van der Waals surface area contributed by atoms with Crippen LogP contribution in [-0.4, -0.2) is 38.0 Å². The van der Waals surface area contributed by atoms with Gasteiger partial charge in [-0.1, -0.05) is 36.9 Å². The first kappa shape index (κ1) is 15.1. The average molecular weight is 254 g/mol. The molecular weight excluding hydrogens is 243 g/mol. The maximum absolute atomic E-state index is 11.1. The van der Waals surface area contributed by atoms with E-state index in [0.717, 1.165) is 22.6 Å². The molecule has 0 aliphatic rings. The summed E-state index contributed by atoms with van der Waals surface area (Å²) >= 11 is 0. The molecule has 1 rings (SSSR count). The van der Waals surface area contributed by atoms with Crippen molar-refractivity contribution in [2.24, 2.45) is 0 Å². The predicted octanol–water partition coefficient (Wildman–Crippen LogP) is 1.68. The Morgan fingerprint density at radius 1 is 1.33 bits per heavy atom. The Hall–Kier alpha value is 0.0600. The summed E-state index contributed by atoms with van der Waals surface area (Å²) < 4.78 is 26.5. The fourth-order valence-electron chi connectivity index (χ4n) is 0.826. The Morgan fingerprint density at radius 3 is 2.47 bits per heavy atom. The molecule has 6 heteroatoms. The van der Waals surface area contributed by atoms with Crippen LogP contribution in [0.25, 0.3) is 0 Å². The molecule has 0 fully saturated rings. The number of hydrogen-bond donors (Lipinski definition) is 0. The summed E-state index contributed by atoms with van der Waals surface area (Å²) in [4.78, 5) is 0. The van der Waals surface area contributed by atoms with Crippen LogP contribution in [0, 0.1) is 0 Å². The molecule has 0 aromatic heterocycles. The van der Waals surface area contributed by atoms with E-state index >= 15 is 0 Å². The van der Waals surface area contributed by atoms with E-state index in [9.17, 15) is 8.42 Å². The summed E-state index contributed by atoms with van der Waals surface area (Å²) in [6, 6.07) is 9.31. The maximum atomic E-state index is 11.1. The van der Waals surface area contributed by atoms with Crippen LogP contribution in [0.2, 0.25) is 0 Å². The van der Waals surface area contributed by atoms with Gasteiger partial charge in [0.15, 0.2) is 0 Å². The van der Waals surface area contributed by atoms with Crippen LogP contribution in [0.15, 0.2) is 43.2 Å². The van der Waals surface area contributed by atoms with Crippen LogP contribution in [0.4, 0.5) is 0 Å². The van der Waals surface area contributed by atoms with Crippen molar-refractivity contribution in [2.45, 2.75) is 5.75 Å². The summed E-state index contributed by atoms with van der Waals surface area (Å²) in [5.74, 6) is 0.372. The van der Waals surface area contributed by atoms with Crippen LogP contribution in [-0.2, 0) is 19.1 Å². The SMILES string of the molecule is C=COS(=O)(=O)SCc1ccccc1.[NaH]. The number of rotatable bonds is 5. The molecule has 0 aliphatic carbocycles. The van der Waals surface area contributed by atoms with Crippen LogP contribution in [0.3, 0.4) is 0 Å². The molecule has 0 bridgehead atoms. The first-order chi connectivity index (χ1) is 6.64. The van der Waals surface area contributed by atoms with E-state index in [4.69, 9.17) is 0 Å². The van der Waals surface area contributed by atoms with Gasteiger partial charge >= 0.3 is 38.7 Å². The van der Waals surface area contributed by atoms with Gasteiger partial charge in [-0.15, -0.1) is 0 Å². The quantitative estimate of drug-likeness (QED) is 0.455. The molecule has 15 heavy (non-hydrogen) atoms. The number of hydrogen-bond acceptors (Lipinski definition) is 4. The minimum atomic E-state index is -3.53. The minimum absolute atomic E-state index is 0. The second-order valence-corrected chi connectivity index (χ2v) is 5.88. The summed E-state index contributed by atoms with van der Waals surface area (Å²) in [7, 11) is -2.80. The van der Waals surface area contributed by atoms with Gasteiger partial charge in [-0.2, -0.15) is 8.42 Å². The van der Waals surface area contributed by atoms with Crippen molar-refractivity contribution in [1.29, 1.82) is 0 Å². The van der Waals surface area contributed by atoms with E-state index in [1.54, 1.807) is 0 Å². The zero-order chi connectivity index (χ0) is 10.4. The third-order valence-corrected chi connectivity index (χ3v) is 3.97. The van der Waals surface area contributed by atoms with Crippen molar-refractivity contribution in [3.05, 3.63) is 48.7 Å². The van der Waals surface area contributed by atoms with E-state index in [1.165, 1.54) is 0 Å². The van der Waals surface area contributed by atoms with E-state index < -0.39 is 9.15 Å². The molecule has 0 aliphatic heterocycles. The number of benzene rings is 1. The monoisotopic (exact) mass is 254 g/mol. The second-order valence-electron chi connectivity index (χ2n) is 2.42. The Kier molecular flexibility index (Phi) is 7.38. The predicted molar refractivity (Wildman–Crippen MR) is 65.1 cm³/mol. The third kappa shape index (κ3) is 6.27. The Labute approximate surface area is 116 Å². The Balaban J connectivity index is 0.00000196. The van der Waals surface area contributed by atoms with Crippen molar-refractivity contribution in [3.8, 4) is 0 Å². The average Bonchev–Trinajstić information content (AvgIpc) is 2.17. The van der Waals surface area contributed by atoms with E-state index in [0.29, 0.717) is 5.75 Å². The molecule has 0 saturated carbocycles. The van der Waals surface area contributed by atoms with E-state index in [2.05, 4.69) is 10.8 Å². The van der Waals surface area contributed by atoms with Crippen LogP contribution < -0.4 is 0 Å². The van der Waals surface area contributed by atoms with Gasteiger partial charge in [-0.25, -0.2) is 0 Å². The zero-order valence-corrected chi connectivity index (χ0v) is 9.05. The summed E-state index contributed by atoms with van der Waals surface area (Å²) in [6.07, 6.45) is 0.910. The summed E-state index contributed by atoms with van der Waals surface area (Å²) in [5.41, 5.74) is 0.939. The van der Waals surface area contributed by atoms with Gasteiger partial charge in [0, 0.05) is 16.5 Å². The molecule has 0 amide bonds. The fourth-order valence-corrected chi connectivity index (χ4v) is 2.70. The molecule has 3 nitrogen and oxygen atoms in total. The van der Waals surface area contributed by atoms with Gasteiger partial charge in [0.25, 0.3) is 0 Å². The van der Waals surface area contributed by atoms with Crippen molar-refractivity contribution >= 4 is 49.5 Å². The topological polar surface area (TPSA) is 43.4 Å². The van der Waals surface area contributed by atoms with Gasteiger partial charge < -0.3 is 4.18 Å². The molecular formula is C9H11NaO3S2. The van der Waals surface area contributed by atoms with Gasteiger partial charge in [0.1, 0.15) is 0 Å². The van der Waals surface area contributed by atoms with Crippen LogP contribution in [0.5, 0.6) is 0 Å².